The van der Waals surface area contributed by atoms with E-state index in [9.17, 15) is 4.79 Å². The Morgan fingerprint density at radius 1 is 0.947 bits per heavy atom. The van der Waals surface area contributed by atoms with E-state index in [4.69, 9.17) is 11.6 Å². The Balaban J connectivity index is 2.27. The van der Waals surface area contributed by atoms with Crippen LogP contribution in [0.15, 0.2) is 54.6 Å². The first-order valence-electron chi connectivity index (χ1n) is 6.31. The van der Waals surface area contributed by atoms with Crippen molar-refractivity contribution < 1.29 is 4.79 Å². The molecule has 0 aliphatic rings. The molecule has 0 bridgehead atoms. The molecule has 0 aliphatic carbocycles. The molecule has 0 spiro atoms. The highest BCUT2D eigenvalue weighted by atomic mass is 35.5. The van der Waals surface area contributed by atoms with Crippen molar-refractivity contribution >= 4 is 17.4 Å². The first-order chi connectivity index (χ1) is 9.04. The molecular formula is C17H17ClO. The van der Waals surface area contributed by atoms with Crippen molar-refractivity contribution in [3.63, 3.8) is 0 Å². The van der Waals surface area contributed by atoms with Crippen LogP contribution in [-0.2, 0) is 0 Å². The van der Waals surface area contributed by atoms with Crippen LogP contribution in [0.3, 0.4) is 0 Å². The lowest BCUT2D eigenvalue weighted by Crippen LogP contribution is -2.25. The highest BCUT2D eigenvalue weighted by Crippen LogP contribution is 2.25. The fourth-order valence-corrected chi connectivity index (χ4v) is 2.02. The van der Waals surface area contributed by atoms with Gasteiger partial charge in [-0.15, -0.1) is 11.6 Å². The Bertz CT molecular complexity index is 556. The van der Waals surface area contributed by atoms with Crippen LogP contribution < -0.4 is 0 Å². The molecule has 0 fully saturated rings. The molecule has 0 radical (unpaired) electrons. The summed E-state index contributed by atoms with van der Waals surface area (Å²) in [4.78, 5) is 12.3. The van der Waals surface area contributed by atoms with Crippen molar-refractivity contribution in [2.75, 3.05) is 5.88 Å². The van der Waals surface area contributed by atoms with Crippen molar-refractivity contribution in [3.05, 3.63) is 60.2 Å². The van der Waals surface area contributed by atoms with Gasteiger partial charge in [0, 0.05) is 16.9 Å². The van der Waals surface area contributed by atoms with Gasteiger partial charge in [-0.05, 0) is 11.1 Å². The molecule has 0 atom stereocenters. The van der Waals surface area contributed by atoms with E-state index in [2.05, 4.69) is 12.1 Å². The summed E-state index contributed by atoms with van der Waals surface area (Å²) in [6, 6.07) is 17.8. The number of halogens is 1. The standard InChI is InChI=1S/C17H17ClO/c1-17(2,12-18)16(19)15-10-8-14(9-11-15)13-6-4-3-5-7-13/h3-11H,12H2,1-2H3. The predicted octanol–water partition coefficient (Wildman–Crippen LogP) is 4.80. The minimum atomic E-state index is -0.518. The highest BCUT2D eigenvalue weighted by Gasteiger charge is 2.27. The fraction of sp³-hybridized carbons (Fsp3) is 0.235. The van der Waals surface area contributed by atoms with E-state index in [1.54, 1.807) is 0 Å². The number of carbonyl (C=O) groups excluding carboxylic acids is 1. The first kappa shape index (κ1) is 13.8. The number of rotatable bonds is 4. The summed E-state index contributed by atoms with van der Waals surface area (Å²) in [6.07, 6.45) is 0. The summed E-state index contributed by atoms with van der Waals surface area (Å²) in [5.74, 6) is 0.411. The quantitative estimate of drug-likeness (QED) is 0.577. The van der Waals surface area contributed by atoms with Gasteiger partial charge in [0.1, 0.15) is 0 Å². The molecule has 0 saturated heterocycles. The van der Waals surface area contributed by atoms with Crippen LogP contribution in [0, 0.1) is 5.41 Å². The van der Waals surface area contributed by atoms with E-state index in [1.165, 1.54) is 0 Å². The van der Waals surface area contributed by atoms with E-state index in [0.717, 1.165) is 11.1 Å². The second-order valence-electron chi connectivity index (χ2n) is 5.29. The molecule has 0 amide bonds. The maximum absolute atomic E-state index is 12.3. The summed E-state index contributed by atoms with van der Waals surface area (Å²) in [5.41, 5.74) is 2.46. The van der Waals surface area contributed by atoms with Gasteiger partial charge in [0.05, 0.1) is 0 Å². The SMILES string of the molecule is CC(C)(CCl)C(=O)c1ccc(-c2ccccc2)cc1. The van der Waals surface area contributed by atoms with Crippen LogP contribution in [0.2, 0.25) is 0 Å². The minimum Gasteiger partial charge on any atom is -0.294 e. The van der Waals surface area contributed by atoms with E-state index in [-0.39, 0.29) is 5.78 Å². The molecule has 0 unspecified atom stereocenters. The van der Waals surface area contributed by atoms with Gasteiger partial charge < -0.3 is 0 Å². The van der Waals surface area contributed by atoms with E-state index < -0.39 is 5.41 Å². The van der Waals surface area contributed by atoms with Gasteiger partial charge in [0.25, 0.3) is 0 Å². The van der Waals surface area contributed by atoms with E-state index in [1.807, 2.05) is 56.3 Å². The Labute approximate surface area is 119 Å². The van der Waals surface area contributed by atoms with Crippen molar-refractivity contribution in [2.24, 2.45) is 5.41 Å². The zero-order chi connectivity index (χ0) is 13.9. The summed E-state index contributed by atoms with van der Waals surface area (Å²) in [7, 11) is 0. The summed E-state index contributed by atoms with van der Waals surface area (Å²) < 4.78 is 0. The molecule has 98 valence electrons. The zero-order valence-corrected chi connectivity index (χ0v) is 11.9. The summed E-state index contributed by atoms with van der Waals surface area (Å²) in [6.45, 7) is 3.74. The molecule has 0 saturated carbocycles. The lowest BCUT2D eigenvalue weighted by atomic mass is 9.86. The Morgan fingerprint density at radius 2 is 1.47 bits per heavy atom. The molecule has 0 aromatic heterocycles. The number of carbonyl (C=O) groups is 1. The fourth-order valence-electron chi connectivity index (χ4n) is 1.90. The normalized spacial score (nSPS) is 11.3. The van der Waals surface area contributed by atoms with E-state index >= 15 is 0 Å². The third-order valence-electron chi connectivity index (χ3n) is 3.20. The molecule has 1 nitrogen and oxygen atoms in total. The van der Waals surface area contributed by atoms with E-state index in [0.29, 0.717) is 11.4 Å². The molecule has 0 aliphatic heterocycles. The smallest absolute Gasteiger partial charge is 0.169 e. The Kier molecular flexibility index (Phi) is 4.06. The highest BCUT2D eigenvalue weighted by molar-refractivity contribution is 6.21. The molecule has 0 N–H and O–H groups in total. The van der Waals surface area contributed by atoms with Crippen LogP contribution in [0.5, 0.6) is 0 Å². The number of alkyl halides is 1. The number of Topliss-reactive ketones (excluding diaryl/α,β-unsaturated/α-hetero) is 1. The summed E-state index contributed by atoms with van der Waals surface area (Å²) in [5, 5.41) is 0. The maximum atomic E-state index is 12.3. The van der Waals surface area contributed by atoms with Crippen LogP contribution >= 0.6 is 11.6 Å². The zero-order valence-electron chi connectivity index (χ0n) is 11.2. The minimum absolute atomic E-state index is 0.0853. The third-order valence-corrected chi connectivity index (χ3v) is 3.87. The topological polar surface area (TPSA) is 17.1 Å². The maximum Gasteiger partial charge on any atom is 0.169 e. The molecule has 19 heavy (non-hydrogen) atoms. The molecule has 2 rings (SSSR count). The van der Waals surface area contributed by atoms with Gasteiger partial charge in [-0.2, -0.15) is 0 Å². The third kappa shape index (κ3) is 3.05. The second-order valence-corrected chi connectivity index (χ2v) is 5.56. The molecule has 2 aromatic rings. The number of hydrogen-bond acceptors (Lipinski definition) is 1. The van der Waals surface area contributed by atoms with Crippen LogP contribution in [0.1, 0.15) is 24.2 Å². The molecule has 2 heteroatoms. The van der Waals surface area contributed by atoms with Crippen LogP contribution in [0.25, 0.3) is 11.1 Å². The van der Waals surface area contributed by atoms with Crippen molar-refractivity contribution in [3.8, 4) is 11.1 Å². The van der Waals surface area contributed by atoms with Gasteiger partial charge in [-0.1, -0.05) is 68.4 Å². The molecule has 2 aromatic carbocycles. The van der Waals surface area contributed by atoms with Gasteiger partial charge >= 0.3 is 0 Å². The number of ketones is 1. The van der Waals surface area contributed by atoms with Gasteiger partial charge in [-0.25, -0.2) is 0 Å². The lowest BCUT2D eigenvalue weighted by molar-refractivity contribution is 0.0862. The lowest BCUT2D eigenvalue weighted by Gasteiger charge is -2.19. The van der Waals surface area contributed by atoms with Crippen LogP contribution in [-0.4, -0.2) is 11.7 Å². The molecular weight excluding hydrogens is 256 g/mol. The predicted molar refractivity (Wildman–Crippen MR) is 80.7 cm³/mol. The largest absolute Gasteiger partial charge is 0.294 e. The average molecular weight is 273 g/mol. The first-order valence-corrected chi connectivity index (χ1v) is 6.84. The monoisotopic (exact) mass is 272 g/mol. The van der Waals surface area contributed by atoms with Crippen molar-refractivity contribution in [2.45, 2.75) is 13.8 Å². The Morgan fingerprint density at radius 3 is 2.00 bits per heavy atom. The number of benzene rings is 2. The van der Waals surface area contributed by atoms with Gasteiger partial charge in [0.2, 0.25) is 0 Å². The van der Waals surface area contributed by atoms with Gasteiger partial charge in [-0.3, -0.25) is 4.79 Å². The van der Waals surface area contributed by atoms with Gasteiger partial charge in [0.15, 0.2) is 5.78 Å². The Hall–Kier alpha value is -1.60. The summed E-state index contributed by atoms with van der Waals surface area (Å²) >= 11 is 5.84. The second kappa shape index (κ2) is 5.58. The van der Waals surface area contributed by atoms with Crippen molar-refractivity contribution in [1.29, 1.82) is 0 Å². The molecule has 0 heterocycles. The van der Waals surface area contributed by atoms with Crippen molar-refractivity contribution in [1.82, 2.24) is 0 Å². The average Bonchev–Trinajstić information content (AvgIpc) is 2.47. The van der Waals surface area contributed by atoms with Crippen LogP contribution in [0.4, 0.5) is 0 Å². The number of hydrogen-bond donors (Lipinski definition) is 0.